The molecule has 3 heterocycles. The van der Waals surface area contributed by atoms with E-state index in [-0.39, 0.29) is 5.41 Å². The summed E-state index contributed by atoms with van der Waals surface area (Å²) in [5.41, 5.74) is 19.6. The van der Waals surface area contributed by atoms with Crippen molar-refractivity contribution in [3.8, 4) is 44.5 Å². The zero-order valence-corrected chi connectivity index (χ0v) is 32.1. The van der Waals surface area contributed by atoms with Crippen molar-refractivity contribution in [2.75, 3.05) is 4.90 Å². The standard InChI is InChI=1S/C45H29N7S3/c1-45(2)34-12-7-6-11-32(34)33-20-19-29(25-35(33)45)26-15-17-28(18-16-26)31-22-24-39(44-41(31)48-55-51-44)52(37-14-8-13-36-42(37)49-53-46-36)38-23-21-30(27-9-4-3-5-10-27)40-43(38)50-54-47-40/h3-25H,1-2H3. The van der Waals surface area contributed by atoms with E-state index in [1.54, 1.807) is 0 Å². The van der Waals surface area contributed by atoms with Crippen LogP contribution < -0.4 is 4.90 Å². The van der Waals surface area contributed by atoms with E-state index < -0.39 is 0 Å². The first-order valence-electron chi connectivity index (χ1n) is 18.0. The Bertz CT molecular complexity index is 3090. The summed E-state index contributed by atoms with van der Waals surface area (Å²) in [5.74, 6) is 0. The van der Waals surface area contributed by atoms with Gasteiger partial charge in [0.2, 0.25) is 0 Å². The van der Waals surface area contributed by atoms with Crippen molar-refractivity contribution < 1.29 is 0 Å². The Kier molecular flexibility index (Phi) is 7.28. The first-order chi connectivity index (χ1) is 27.0. The fraction of sp³-hybridized carbons (Fsp3) is 0.0667. The third-order valence-corrected chi connectivity index (χ3v) is 12.6. The number of benzene rings is 7. The quantitative estimate of drug-likeness (QED) is 0.167. The largest absolute Gasteiger partial charge is 0.304 e. The lowest BCUT2D eigenvalue weighted by Crippen LogP contribution is -2.14. The number of hydrogen-bond donors (Lipinski definition) is 0. The van der Waals surface area contributed by atoms with Gasteiger partial charge >= 0.3 is 0 Å². The van der Waals surface area contributed by atoms with Crippen molar-refractivity contribution >= 4 is 85.3 Å². The Hall–Kier alpha value is -6.20. The van der Waals surface area contributed by atoms with Gasteiger partial charge in [0.05, 0.1) is 52.2 Å². The molecule has 262 valence electrons. The fourth-order valence-corrected chi connectivity index (χ4v) is 9.92. The molecule has 7 nitrogen and oxygen atoms in total. The molecule has 0 aliphatic heterocycles. The minimum atomic E-state index is -0.0477. The lowest BCUT2D eigenvalue weighted by Gasteiger charge is -2.26. The van der Waals surface area contributed by atoms with E-state index in [9.17, 15) is 0 Å². The molecule has 0 saturated carbocycles. The topological polar surface area (TPSA) is 80.6 Å². The van der Waals surface area contributed by atoms with E-state index in [0.717, 1.165) is 72.4 Å². The summed E-state index contributed by atoms with van der Waals surface area (Å²) in [6.45, 7) is 4.65. The molecule has 0 unspecified atom stereocenters. The van der Waals surface area contributed by atoms with Gasteiger partial charge in [0.1, 0.15) is 33.1 Å². The molecule has 0 fully saturated rings. The molecule has 11 rings (SSSR count). The Morgan fingerprint density at radius 3 is 1.64 bits per heavy atom. The second-order valence-electron chi connectivity index (χ2n) is 14.3. The van der Waals surface area contributed by atoms with Gasteiger partial charge < -0.3 is 4.90 Å². The Morgan fingerprint density at radius 1 is 0.382 bits per heavy atom. The smallest absolute Gasteiger partial charge is 0.129 e. The molecule has 10 aromatic rings. The molecule has 1 aliphatic rings. The normalized spacial score (nSPS) is 13.1. The maximum absolute atomic E-state index is 4.93. The van der Waals surface area contributed by atoms with Crippen molar-refractivity contribution in [2.45, 2.75) is 19.3 Å². The van der Waals surface area contributed by atoms with Crippen LogP contribution in [0.25, 0.3) is 77.6 Å². The molecule has 7 aromatic carbocycles. The highest BCUT2D eigenvalue weighted by molar-refractivity contribution is 7.00. The average molecular weight is 764 g/mol. The zero-order valence-electron chi connectivity index (χ0n) is 29.6. The van der Waals surface area contributed by atoms with Crippen molar-refractivity contribution in [2.24, 2.45) is 0 Å². The number of fused-ring (bicyclic) bond motifs is 6. The second kappa shape index (κ2) is 12.4. The summed E-state index contributed by atoms with van der Waals surface area (Å²) in [6, 6.07) is 49.5. The molecule has 0 amide bonds. The predicted octanol–water partition coefficient (Wildman–Crippen LogP) is 12.5. The summed E-state index contributed by atoms with van der Waals surface area (Å²) in [5, 5.41) is 0. The molecular weight excluding hydrogens is 735 g/mol. The van der Waals surface area contributed by atoms with E-state index in [1.807, 2.05) is 30.3 Å². The molecule has 0 atom stereocenters. The van der Waals surface area contributed by atoms with Gasteiger partial charge in [-0.1, -0.05) is 111 Å². The van der Waals surface area contributed by atoms with Gasteiger partial charge in [-0.3, -0.25) is 0 Å². The van der Waals surface area contributed by atoms with Crippen LogP contribution in [0.3, 0.4) is 0 Å². The van der Waals surface area contributed by atoms with Crippen molar-refractivity contribution in [1.29, 1.82) is 0 Å². The number of hydrogen-bond acceptors (Lipinski definition) is 10. The molecule has 0 radical (unpaired) electrons. The van der Waals surface area contributed by atoms with Crippen LogP contribution in [0.5, 0.6) is 0 Å². The van der Waals surface area contributed by atoms with Crippen LogP contribution in [0, 0.1) is 0 Å². The van der Waals surface area contributed by atoms with Gasteiger partial charge in [0.25, 0.3) is 0 Å². The minimum Gasteiger partial charge on any atom is -0.304 e. The van der Waals surface area contributed by atoms with Crippen molar-refractivity contribution in [3.05, 3.63) is 151 Å². The van der Waals surface area contributed by atoms with Crippen LogP contribution in [0.2, 0.25) is 0 Å². The van der Waals surface area contributed by atoms with Gasteiger partial charge in [0.15, 0.2) is 0 Å². The predicted molar refractivity (Wildman–Crippen MR) is 228 cm³/mol. The Balaban J connectivity index is 1.02. The lowest BCUT2D eigenvalue weighted by atomic mass is 9.81. The van der Waals surface area contributed by atoms with Crippen LogP contribution in [0.4, 0.5) is 17.1 Å². The van der Waals surface area contributed by atoms with Gasteiger partial charge in [-0.25, -0.2) is 0 Å². The third kappa shape index (κ3) is 4.99. The van der Waals surface area contributed by atoms with E-state index in [2.05, 4.69) is 132 Å². The van der Waals surface area contributed by atoms with Gasteiger partial charge in [0, 0.05) is 16.5 Å². The van der Waals surface area contributed by atoms with E-state index in [0.29, 0.717) is 0 Å². The lowest BCUT2D eigenvalue weighted by molar-refractivity contribution is 0.660. The van der Waals surface area contributed by atoms with Crippen molar-refractivity contribution in [3.63, 3.8) is 0 Å². The molecule has 10 heteroatoms. The zero-order chi connectivity index (χ0) is 36.7. The first-order valence-corrected chi connectivity index (χ1v) is 20.2. The Labute approximate surface area is 329 Å². The molecule has 0 N–H and O–H groups in total. The van der Waals surface area contributed by atoms with Gasteiger partial charge in [-0.2, -0.15) is 26.2 Å². The van der Waals surface area contributed by atoms with Gasteiger partial charge in [-0.05, 0) is 87.0 Å². The monoisotopic (exact) mass is 763 g/mol. The minimum absolute atomic E-state index is 0.0477. The highest BCUT2D eigenvalue weighted by Crippen LogP contribution is 2.50. The Morgan fingerprint density at radius 2 is 0.909 bits per heavy atom. The maximum Gasteiger partial charge on any atom is 0.129 e. The van der Waals surface area contributed by atoms with Crippen LogP contribution in [0.15, 0.2) is 140 Å². The van der Waals surface area contributed by atoms with Crippen molar-refractivity contribution in [1.82, 2.24) is 26.2 Å². The summed E-state index contributed by atoms with van der Waals surface area (Å²) in [7, 11) is 0. The summed E-state index contributed by atoms with van der Waals surface area (Å²) in [4.78, 5) is 2.20. The molecule has 0 spiro atoms. The summed E-state index contributed by atoms with van der Waals surface area (Å²) in [6.07, 6.45) is 0. The summed E-state index contributed by atoms with van der Waals surface area (Å²) >= 11 is 3.65. The molecule has 3 aromatic heterocycles. The molecule has 0 bridgehead atoms. The molecule has 55 heavy (non-hydrogen) atoms. The summed E-state index contributed by atoms with van der Waals surface area (Å²) < 4.78 is 28.8. The van der Waals surface area contributed by atoms with E-state index >= 15 is 0 Å². The number of rotatable bonds is 6. The molecular formula is C45H29N7S3. The SMILES string of the molecule is CC1(C)c2ccccc2-c2ccc(-c3ccc(-c4ccc(N(c5cccc6nsnc56)c5ccc(-c6ccccc6)c6nsnc56)c5nsnc45)cc3)cc21. The third-order valence-electron chi connectivity index (χ3n) is 11.0. The maximum atomic E-state index is 4.93. The highest BCUT2D eigenvalue weighted by atomic mass is 32.1. The number of nitrogens with zero attached hydrogens (tertiary/aromatic N) is 7. The van der Waals surface area contributed by atoms with Crippen LogP contribution in [0.1, 0.15) is 25.0 Å². The van der Waals surface area contributed by atoms with Crippen LogP contribution in [-0.4, -0.2) is 26.2 Å². The number of anilines is 3. The van der Waals surface area contributed by atoms with Crippen LogP contribution in [-0.2, 0) is 5.41 Å². The van der Waals surface area contributed by atoms with E-state index in [4.69, 9.17) is 21.9 Å². The average Bonchev–Trinajstić information content (AvgIpc) is 4.06. The van der Waals surface area contributed by atoms with E-state index in [1.165, 1.54) is 68.6 Å². The molecule has 1 aliphatic carbocycles. The number of aromatic nitrogens is 6. The molecule has 0 saturated heterocycles. The fourth-order valence-electron chi connectivity index (χ4n) is 8.24. The highest BCUT2D eigenvalue weighted by Gasteiger charge is 2.35. The first kappa shape index (κ1) is 32.2. The van der Waals surface area contributed by atoms with Gasteiger partial charge in [-0.15, -0.1) is 0 Å². The van der Waals surface area contributed by atoms with Crippen LogP contribution >= 0.6 is 35.2 Å². The second-order valence-corrected chi connectivity index (χ2v) is 15.9.